The van der Waals surface area contributed by atoms with Crippen molar-refractivity contribution in [3.05, 3.63) is 106 Å². The van der Waals surface area contributed by atoms with E-state index in [1.807, 2.05) is 24.3 Å². The van der Waals surface area contributed by atoms with Crippen LogP contribution < -0.4 is 0 Å². The number of benzene rings is 3. The fraction of sp³-hybridized carbons (Fsp3) is 0.412. The second kappa shape index (κ2) is 12.9. The lowest BCUT2D eigenvalue weighted by molar-refractivity contribution is 0.252. The first-order valence-corrected chi connectivity index (χ1v) is 13.7. The Balaban J connectivity index is 1.27. The van der Waals surface area contributed by atoms with Gasteiger partial charge in [-0.05, 0) is 65.3 Å². The molecule has 0 radical (unpaired) electrons. The molecule has 3 aromatic rings. The van der Waals surface area contributed by atoms with E-state index in [1.54, 1.807) is 6.07 Å². The fourth-order valence-electron chi connectivity index (χ4n) is 5.66. The molecule has 1 heteroatoms. The average Bonchev–Trinajstić information content (AvgIpc) is 2.89. The molecule has 1 atom stereocenters. The average molecular weight is 469 g/mol. The van der Waals surface area contributed by atoms with Crippen LogP contribution in [0, 0.1) is 17.7 Å². The fourth-order valence-corrected chi connectivity index (χ4v) is 5.66. The van der Waals surface area contributed by atoms with Crippen molar-refractivity contribution in [3.63, 3.8) is 0 Å². The van der Waals surface area contributed by atoms with Gasteiger partial charge < -0.3 is 0 Å². The van der Waals surface area contributed by atoms with E-state index < -0.39 is 0 Å². The van der Waals surface area contributed by atoms with E-state index in [1.165, 1.54) is 62.5 Å². The van der Waals surface area contributed by atoms with Crippen molar-refractivity contribution in [1.82, 2.24) is 0 Å². The van der Waals surface area contributed by atoms with Gasteiger partial charge in [-0.2, -0.15) is 0 Å². The van der Waals surface area contributed by atoms with Crippen LogP contribution in [0.1, 0.15) is 92.5 Å². The topological polar surface area (TPSA) is 0 Å². The van der Waals surface area contributed by atoms with E-state index in [4.69, 9.17) is 0 Å². The minimum Gasteiger partial charge on any atom is -0.206 e. The van der Waals surface area contributed by atoms with Crippen molar-refractivity contribution in [3.8, 4) is 0 Å². The zero-order valence-corrected chi connectivity index (χ0v) is 21.6. The van der Waals surface area contributed by atoms with Crippen molar-refractivity contribution >= 4 is 12.2 Å². The quantitative estimate of drug-likeness (QED) is 0.260. The Morgan fingerprint density at radius 2 is 1.46 bits per heavy atom. The van der Waals surface area contributed by atoms with Crippen LogP contribution in [0.5, 0.6) is 0 Å². The van der Waals surface area contributed by atoms with Gasteiger partial charge >= 0.3 is 0 Å². The molecule has 0 aromatic heterocycles. The first-order chi connectivity index (χ1) is 17.1. The zero-order valence-electron chi connectivity index (χ0n) is 21.6. The van der Waals surface area contributed by atoms with Gasteiger partial charge in [-0.1, -0.05) is 131 Å². The molecule has 0 nitrogen and oxygen atoms in total. The molecule has 1 aliphatic carbocycles. The highest BCUT2D eigenvalue weighted by atomic mass is 19.1. The lowest BCUT2D eigenvalue weighted by atomic mass is 9.78. The van der Waals surface area contributed by atoms with Gasteiger partial charge in [0.05, 0.1) is 0 Å². The van der Waals surface area contributed by atoms with E-state index in [0.29, 0.717) is 11.5 Å². The third kappa shape index (κ3) is 7.66. The Morgan fingerprint density at radius 1 is 0.800 bits per heavy atom. The van der Waals surface area contributed by atoms with Gasteiger partial charge in [0.25, 0.3) is 0 Å². The van der Waals surface area contributed by atoms with Gasteiger partial charge in [0.15, 0.2) is 0 Å². The molecule has 35 heavy (non-hydrogen) atoms. The predicted molar refractivity (Wildman–Crippen MR) is 149 cm³/mol. The molecule has 1 aliphatic rings. The first kappa shape index (κ1) is 25.4. The van der Waals surface area contributed by atoms with Crippen LogP contribution in [0.25, 0.3) is 12.2 Å². The zero-order chi connectivity index (χ0) is 24.5. The Kier molecular flexibility index (Phi) is 9.35. The molecule has 0 amide bonds. The van der Waals surface area contributed by atoms with Crippen molar-refractivity contribution in [2.24, 2.45) is 11.8 Å². The summed E-state index contributed by atoms with van der Waals surface area (Å²) in [5, 5.41) is 0. The monoisotopic (exact) mass is 468 g/mol. The second-order valence-electron chi connectivity index (χ2n) is 10.7. The van der Waals surface area contributed by atoms with E-state index in [9.17, 15) is 4.39 Å². The van der Waals surface area contributed by atoms with Gasteiger partial charge in [-0.15, -0.1) is 0 Å². The van der Waals surface area contributed by atoms with Crippen LogP contribution in [0.4, 0.5) is 4.39 Å². The summed E-state index contributed by atoms with van der Waals surface area (Å²) in [5.74, 6) is 2.11. The molecule has 0 spiro atoms. The SMILES string of the molecule is CCCC1CCC(CCc2ccc(C=Cc3ccc(C[C@@H](C)c4ccccc4)cc3F)cc2)CC1. The molecule has 3 aromatic carbocycles. The molecule has 0 unspecified atom stereocenters. The standard InChI is InChI=1S/C34H41F/c1-3-7-27-10-12-28(13-11-27)14-15-29-16-18-30(19-17-29)20-22-33-23-21-31(25-34(33)35)24-26(2)32-8-5-4-6-9-32/h4-6,8-9,16-23,25-28H,3,7,10-15,24H2,1-2H3/t26-,27?,28?/m1/s1. The van der Waals surface area contributed by atoms with Crippen molar-refractivity contribution < 1.29 is 4.39 Å². The van der Waals surface area contributed by atoms with Crippen LogP contribution in [-0.2, 0) is 12.8 Å². The molecule has 0 bridgehead atoms. The maximum Gasteiger partial charge on any atom is 0.130 e. The maximum atomic E-state index is 14.8. The Morgan fingerprint density at radius 3 is 2.11 bits per heavy atom. The lowest BCUT2D eigenvalue weighted by Gasteiger charge is -2.28. The molecule has 1 fully saturated rings. The van der Waals surface area contributed by atoms with Gasteiger partial charge in [0.1, 0.15) is 5.82 Å². The normalized spacial score (nSPS) is 19.2. The molecular formula is C34H41F. The highest BCUT2D eigenvalue weighted by Gasteiger charge is 2.20. The molecule has 0 N–H and O–H groups in total. The third-order valence-corrected chi connectivity index (χ3v) is 7.91. The summed E-state index contributed by atoms with van der Waals surface area (Å²) >= 11 is 0. The molecule has 184 valence electrons. The second-order valence-corrected chi connectivity index (χ2v) is 10.7. The van der Waals surface area contributed by atoms with Crippen molar-refractivity contribution in [2.45, 2.75) is 77.6 Å². The summed E-state index contributed by atoms with van der Waals surface area (Å²) in [7, 11) is 0. The van der Waals surface area contributed by atoms with Crippen LogP contribution in [0.2, 0.25) is 0 Å². The summed E-state index contributed by atoms with van der Waals surface area (Å²) < 4.78 is 14.8. The smallest absolute Gasteiger partial charge is 0.130 e. The van der Waals surface area contributed by atoms with Crippen molar-refractivity contribution in [1.29, 1.82) is 0 Å². The summed E-state index contributed by atoms with van der Waals surface area (Å²) in [6, 6.07) is 24.9. The largest absolute Gasteiger partial charge is 0.206 e. The summed E-state index contributed by atoms with van der Waals surface area (Å²) in [6.07, 6.45) is 15.7. The minimum absolute atomic E-state index is 0.149. The number of rotatable bonds is 10. The lowest BCUT2D eigenvalue weighted by Crippen LogP contribution is -2.15. The van der Waals surface area contributed by atoms with E-state index in [-0.39, 0.29) is 5.82 Å². The predicted octanol–water partition coefficient (Wildman–Crippen LogP) is 9.88. The van der Waals surface area contributed by atoms with Crippen molar-refractivity contribution in [2.75, 3.05) is 0 Å². The maximum absolute atomic E-state index is 14.8. The molecule has 1 saturated carbocycles. The Labute approximate surface area is 212 Å². The molecule has 0 aliphatic heterocycles. The molecular weight excluding hydrogens is 427 g/mol. The van der Waals surface area contributed by atoms with Crippen LogP contribution in [0.3, 0.4) is 0 Å². The first-order valence-electron chi connectivity index (χ1n) is 13.7. The number of hydrogen-bond acceptors (Lipinski definition) is 0. The number of halogens is 1. The van der Waals surface area contributed by atoms with Gasteiger partial charge in [-0.3, -0.25) is 0 Å². The van der Waals surface area contributed by atoms with Gasteiger partial charge in [0, 0.05) is 5.56 Å². The highest BCUT2D eigenvalue weighted by molar-refractivity contribution is 5.70. The number of aryl methyl sites for hydroxylation is 1. The van der Waals surface area contributed by atoms with Crippen LogP contribution in [-0.4, -0.2) is 0 Å². The summed E-state index contributed by atoms with van der Waals surface area (Å²) in [5.41, 5.74) is 5.51. The van der Waals surface area contributed by atoms with E-state index >= 15 is 0 Å². The van der Waals surface area contributed by atoms with Crippen LogP contribution >= 0.6 is 0 Å². The van der Waals surface area contributed by atoms with Gasteiger partial charge in [0.2, 0.25) is 0 Å². The Hall–Kier alpha value is -2.67. The van der Waals surface area contributed by atoms with E-state index in [2.05, 4.69) is 68.4 Å². The minimum atomic E-state index is -0.149. The van der Waals surface area contributed by atoms with Crippen LogP contribution in [0.15, 0.2) is 72.8 Å². The summed E-state index contributed by atoms with van der Waals surface area (Å²) in [4.78, 5) is 0. The Bertz CT molecular complexity index is 1060. The van der Waals surface area contributed by atoms with Gasteiger partial charge in [-0.25, -0.2) is 4.39 Å². The molecule has 4 rings (SSSR count). The van der Waals surface area contributed by atoms with E-state index in [0.717, 1.165) is 29.4 Å². The highest BCUT2D eigenvalue weighted by Crippen LogP contribution is 2.34. The number of hydrogen-bond donors (Lipinski definition) is 0. The molecule has 0 heterocycles. The third-order valence-electron chi connectivity index (χ3n) is 7.91. The molecule has 0 saturated heterocycles. The summed E-state index contributed by atoms with van der Waals surface area (Å²) in [6.45, 7) is 4.51.